The lowest BCUT2D eigenvalue weighted by Gasteiger charge is -2.46. The second-order valence-corrected chi connectivity index (χ2v) is 12.3. The van der Waals surface area contributed by atoms with Gasteiger partial charge in [-0.05, 0) is 36.5 Å². The summed E-state index contributed by atoms with van der Waals surface area (Å²) in [5.74, 6) is 0. The molecular formula is C16H30OSi. The summed E-state index contributed by atoms with van der Waals surface area (Å²) in [5.41, 5.74) is 1.44. The Hall–Kier alpha value is -0.343. The molecule has 2 heteroatoms. The number of rotatable bonds is 3. The molecule has 0 spiro atoms. The minimum absolute atomic E-state index is 0.0928. The summed E-state index contributed by atoms with van der Waals surface area (Å²) in [6, 6.07) is 0. The average molecular weight is 267 g/mol. The van der Waals surface area contributed by atoms with E-state index in [2.05, 4.69) is 60.4 Å². The van der Waals surface area contributed by atoms with Crippen molar-refractivity contribution >= 4 is 8.32 Å². The number of hydrogen-bond acceptors (Lipinski definition) is 1. The molecule has 0 unspecified atom stereocenters. The summed E-state index contributed by atoms with van der Waals surface area (Å²) in [4.78, 5) is 0. The van der Waals surface area contributed by atoms with Gasteiger partial charge >= 0.3 is 0 Å². The molecule has 0 saturated carbocycles. The lowest BCUT2D eigenvalue weighted by atomic mass is 9.73. The smallest absolute Gasteiger partial charge is 0.192 e. The molecule has 1 aliphatic rings. The minimum Gasteiger partial charge on any atom is -0.413 e. The highest BCUT2D eigenvalue weighted by Gasteiger charge is 2.44. The highest BCUT2D eigenvalue weighted by Crippen LogP contribution is 2.44. The van der Waals surface area contributed by atoms with Gasteiger partial charge in [-0.3, -0.25) is 0 Å². The molecule has 104 valence electrons. The highest BCUT2D eigenvalue weighted by molar-refractivity contribution is 6.74. The predicted molar refractivity (Wildman–Crippen MR) is 83.4 cm³/mol. The first kappa shape index (κ1) is 15.7. The van der Waals surface area contributed by atoms with Gasteiger partial charge < -0.3 is 4.43 Å². The fraction of sp³-hybridized carbons (Fsp3) is 0.750. The summed E-state index contributed by atoms with van der Waals surface area (Å²) in [6.45, 7) is 20.1. The van der Waals surface area contributed by atoms with Crippen molar-refractivity contribution in [3.8, 4) is 0 Å². The first-order valence-electron chi connectivity index (χ1n) is 7.03. The second-order valence-electron chi connectivity index (χ2n) is 7.53. The van der Waals surface area contributed by atoms with E-state index in [-0.39, 0.29) is 10.5 Å². The van der Waals surface area contributed by atoms with Crippen molar-refractivity contribution in [2.24, 2.45) is 5.41 Å². The maximum absolute atomic E-state index is 6.64. The molecule has 0 bridgehead atoms. The standard InChI is InChI=1S/C16H30OSi/c1-9-13-11-10-12-14(16(13,5)6)17-18(7,8)15(2,3)4/h9,11,14H,1,10,12H2,2-8H3/t14-/m0/s1. The maximum Gasteiger partial charge on any atom is 0.192 e. The fourth-order valence-corrected chi connectivity index (χ4v) is 3.76. The molecule has 1 atom stereocenters. The largest absolute Gasteiger partial charge is 0.413 e. The first-order chi connectivity index (χ1) is 8.02. The molecule has 18 heavy (non-hydrogen) atoms. The van der Waals surface area contributed by atoms with Crippen LogP contribution >= 0.6 is 0 Å². The summed E-state index contributed by atoms with van der Waals surface area (Å²) >= 11 is 0. The van der Waals surface area contributed by atoms with Gasteiger partial charge in [0, 0.05) is 5.41 Å². The zero-order valence-corrected chi connectivity index (χ0v) is 14.3. The Labute approximate surface area is 114 Å². The van der Waals surface area contributed by atoms with Gasteiger partial charge in [-0.15, -0.1) is 0 Å². The van der Waals surface area contributed by atoms with Crippen LogP contribution in [0.1, 0.15) is 47.5 Å². The number of hydrogen-bond donors (Lipinski definition) is 0. The molecular weight excluding hydrogens is 236 g/mol. The SMILES string of the molecule is C=CC1=CCC[C@H](O[Si](C)(C)C(C)(C)C)C1(C)C. The Bertz CT molecular complexity index is 345. The zero-order valence-electron chi connectivity index (χ0n) is 13.3. The third kappa shape index (κ3) is 2.97. The average Bonchev–Trinajstić information content (AvgIpc) is 2.19. The van der Waals surface area contributed by atoms with Crippen LogP contribution in [0.3, 0.4) is 0 Å². The molecule has 0 N–H and O–H groups in total. The molecule has 0 aromatic rings. The van der Waals surface area contributed by atoms with Gasteiger partial charge in [0.05, 0.1) is 6.10 Å². The van der Waals surface area contributed by atoms with Gasteiger partial charge in [-0.25, -0.2) is 0 Å². The van der Waals surface area contributed by atoms with E-state index in [1.165, 1.54) is 5.57 Å². The molecule has 0 saturated heterocycles. The van der Waals surface area contributed by atoms with Crippen LogP contribution in [0.15, 0.2) is 24.3 Å². The molecule has 0 aromatic heterocycles. The lowest BCUT2D eigenvalue weighted by molar-refractivity contribution is 0.0727. The van der Waals surface area contributed by atoms with E-state index in [9.17, 15) is 0 Å². The molecule has 1 aliphatic carbocycles. The Morgan fingerprint density at radius 3 is 2.39 bits per heavy atom. The van der Waals surface area contributed by atoms with E-state index in [0.717, 1.165) is 12.8 Å². The predicted octanol–water partition coefficient (Wildman–Crippen LogP) is 5.31. The molecule has 0 radical (unpaired) electrons. The van der Waals surface area contributed by atoms with Gasteiger partial charge in [0.25, 0.3) is 0 Å². The van der Waals surface area contributed by atoms with E-state index < -0.39 is 8.32 Å². The molecule has 0 aromatic carbocycles. The van der Waals surface area contributed by atoms with Gasteiger partial charge in [0.2, 0.25) is 0 Å². The second kappa shape index (κ2) is 4.97. The normalized spacial score (nSPS) is 24.6. The number of allylic oxidation sites excluding steroid dienone is 2. The van der Waals surface area contributed by atoms with Gasteiger partial charge in [0.15, 0.2) is 8.32 Å². The Balaban J connectivity index is 2.93. The third-order valence-electron chi connectivity index (χ3n) is 4.81. The Morgan fingerprint density at radius 1 is 1.39 bits per heavy atom. The molecule has 0 aliphatic heterocycles. The van der Waals surface area contributed by atoms with E-state index >= 15 is 0 Å². The van der Waals surface area contributed by atoms with Crippen molar-refractivity contribution in [2.75, 3.05) is 0 Å². The monoisotopic (exact) mass is 266 g/mol. The Morgan fingerprint density at radius 2 is 1.94 bits per heavy atom. The highest BCUT2D eigenvalue weighted by atomic mass is 28.4. The fourth-order valence-electron chi connectivity index (χ4n) is 2.29. The van der Waals surface area contributed by atoms with Crippen molar-refractivity contribution in [3.63, 3.8) is 0 Å². The summed E-state index contributed by atoms with van der Waals surface area (Å²) < 4.78 is 6.64. The molecule has 1 rings (SSSR count). The summed E-state index contributed by atoms with van der Waals surface area (Å²) in [7, 11) is -1.68. The third-order valence-corrected chi connectivity index (χ3v) is 9.29. The van der Waals surface area contributed by atoms with Crippen LogP contribution < -0.4 is 0 Å². The van der Waals surface area contributed by atoms with Crippen molar-refractivity contribution in [1.82, 2.24) is 0 Å². The van der Waals surface area contributed by atoms with E-state index in [4.69, 9.17) is 4.43 Å². The lowest BCUT2D eigenvalue weighted by Crippen LogP contribution is -2.49. The van der Waals surface area contributed by atoms with Crippen molar-refractivity contribution in [2.45, 2.75) is 71.7 Å². The van der Waals surface area contributed by atoms with E-state index in [0.29, 0.717) is 6.10 Å². The van der Waals surface area contributed by atoms with Crippen LogP contribution in [0.25, 0.3) is 0 Å². The van der Waals surface area contributed by atoms with Gasteiger partial charge in [-0.2, -0.15) is 0 Å². The van der Waals surface area contributed by atoms with Gasteiger partial charge in [0.1, 0.15) is 0 Å². The molecule has 1 nitrogen and oxygen atoms in total. The Kier molecular flexibility index (Phi) is 4.34. The van der Waals surface area contributed by atoms with Crippen LogP contribution in [-0.2, 0) is 4.43 Å². The van der Waals surface area contributed by atoms with Crippen molar-refractivity contribution in [3.05, 3.63) is 24.3 Å². The summed E-state index contributed by atoms with van der Waals surface area (Å²) in [5, 5.41) is 0.276. The summed E-state index contributed by atoms with van der Waals surface area (Å²) in [6.07, 6.45) is 6.90. The van der Waals surface area contributed by atoms with Crippen LogP contribution in [0.2, 0.25) is 18.1 Å². The van der Waals surface area contributed by atoms with Crippen LogP contribution in [0, 0.1) is 5.41 Å². The van der Waals surface area contributed by atoms with E-state index in [1.54, 1.807) is 0 Å². The molecule has 0 amide bonds. The molecule has 0 heterocycles. The quantitative estimate of drug-likeness (QED) is 0.629. The van der Waals surface area contributed by atoms with Gasteiger partial charge in [-0.1, -0.05) is 53.3 Å². The van der Waals surface area contributed by atoms with Crippen molar-refractivity contribution < 1.29 is 4.43 Å². The van der Waals surface area contributed by atoms with E-state index in [1.807, 2.05) is 6.08 Å². The van der Waals surface area contributed by atoms with Crippen LogP contribution in [0.4, 0.5) is 0 Å². The van der Waals surface area contributed by atoms with Crippen LogP contribution in [0.5, 0.6) is 0 Å². The first-order valence-corrected chi connectivity index (χ1v) is 9.94. The van der Waals surface area contributed by atoms with Crippen LogP contribution in [-0.4, -0.2) is 14.4 Å². The zero-order chi connectivity index (χ0) is 14.2. The minimum atomic E-state index is -1.68. The maximum atomic E-state index is 6.64. The van der Waals surface area contributed by atoms with Crippen molar-refractivity contribution in [1.29, 1.82) is 0 Å². The topological polar surface area (TPSA) is 9.23 Å². The molecule has 0 fully saturated rings.